The average Bonchev–Trinajstić information content (AvgIpc) is 3.38. The Bertz CT molecular complexity index is 1000. The molecule has 1 aromatic rings. The standard InChI is InChI=1S/C25H32BrClN2O6/c1-5-34-24(33)17-18-23(32)29(14(11-30)9-12(2)3)21(25(18)10-15(26)20(17)35-25)22(31)28-19-13(4)7-6-8-16(19)27/h6-8,12,14-15,17-18,20-21,30H,5,9-11H2,1-4H3,(H,28,31)/t14-,15?,17-,18+,20-,21?,25?/m1/s1. The molecule has 1 aromatic carbocycles. The Labute approximate surface area is 218 Å². The van der Waals surface area contributed by atoms with E-state index in [1.165, 1.54) is 4.90 Å². The van der Waals surface area contributed by atoms with Crippen molar-refractivity contribution in [3.05, 3.63) is 28.8 Å². The van der Waals surface area contributed by atoms with E-state index in [0.29, 0.717) is 23.6 Å². The minimum absolute atomic E-state index is 0.162. The summed E-state index contributed by atoms with van der Waals surface area (Å²) in [6.07, 6.45) is 0.283. The monoisotopic (exact) mass is 570 g/mol. The zero-order valence-electron chi connectivity index (χ0n) is 20.3. The lowest BCUT2D eigenvalue weighted by atomic mass is 9.70. The van der Waals surface area contributed by atoms with Crippen LogP contribution in [0.2, 0.25) is 5.02 Å². The lowest BCUT2D eigenvalue weighted by molar-refractivity contribution is -0.155. The number of ether oxygens (including phenoxy) is 2. The van der Waals surface area contributed by atoms with Gasteiger partial charge in [0.15, 0.2) is 0 Å². The molecule has 0 saturated carbocycles. The maximum atomic E-state index is 14.0. The molecule has 3 unspecified atom stereocenters. The predicted molar refractivity (Wildman–Crippen MR) is 134 cm³/mol. The third kappa shape index (κ3) is 4.28. The maximum Gasteiger partial charge on any atom is 0.312 e. The molecule has 2 amide bonds. The van der Waals surface area contributed by atoms with E-state index < -0.39 is 47.5 Å². The normalized spacial score (nSPS) is 32.2. The van der Waals surface area contributed by atoms with Gasteiger partial charge in [-0.2, -0.15) is 0 Å². The number of benzene rings is 1. The number of likely N-dealkylation sites (tertiary alicyclic amines) is 1. The molecule has 35 heavy (non-hydrogen) atoms. The van der Waals surface area contributed by atoms with Crippen molar-refractivity contribution in [2.45, 2.75) is 69.2 Å². The number of nitrogens with one attached hydrogen (secondary N) is 1. The Morgan fingerprint density at radius 1 is 1.40 bits per heavy atom. The van der Waals surface area contributed by atoms with Crippen LogP contribution in [0.15, 0.2) is 18.2 Å². The van der Waals surface area contributed by atoms with Gasteiger partial charge in [-0.25, -0.2) is 0 Å². The van der Waals surface area contributed by atoms with Crippen molar-refractivity contribution in [1.82, 2.24) is 4.90 Å². The van der Waals surface area contributed by atoms with Crippen LogP contribution >= 0.6 is 27.5 Å². The highest BCUT2D eigenvalue weighted by Gasteiger charge is 2.77. The fourth-order valence-electron chi connectivity index (χ4n) is 6.07. The van der Waals surface area contributed by atoms with Crippen LogP contribution in [0.5, 0.6) is 0 Å². The van der Waals surface area contributed by atoms with Gasteiger partial charge in [0, 0.05) is 4.83 Å². The molecule has 8 nitrogen and oxygen atoms in total. The van der Waals surface area contributed by atoms with Gasteiger partial charge in [-0.3, -0.25) is 14.4 Å². The van der Waals surface area contributed by atoms with Gasteiger partial charge in [-0.05, 0) is 44.2 Å². The topological polar surface area (TPSA) is 105 Å². The third-order valence-corrected chi connectivity index (χ3v) is 8.51. The molecule has 2 bridgehead atoms. The molecule has 3 aliphatic rings. The second-order valence-electron chi connectivity index (χ2n) is 10.0. The number of nitrogens with zero attached hydrogens (tertiary/aromatic N) is 1. The molecule has 4 rings (SSSR count). The van der Waals surface area contributed by atoms with Gasteiger partial charge in [-0.1, -0.05) is 53.5 Å². The number of fused-ring (bicyclic) bond motifs is 1. The summed E-state index contributed by atoms with van der Waals surface area (Å²) < 4.78 is 11.7. The number of amides is 2. The fourth-order valence-corrected chi connectivity index (χ4v) is 7.28. The van der Waals surface area contributed by atoms with Crippen LogP contribution in [0.3, 0.4) is 0 Å². The van der Waals surface area contributed by atoms with Crippen LogP contribution in [0.4, 0.5) is 5.69 Å². The molecular weight excluding hydrogens is 540 g/mol. The Balaban J connectivity index is 1.80. The van der Waals surface area contributed by atoms with E-state index in [2.05, 4.69) is 21.2 Å². The molecule has 3 heterocycles. The van der Waals surface area contributed by atoms with Crippen molar-refractivity contribution in [2.24, 2.45) is 17.8 Å². The first-order valence-corrected chi connectivity index (χ1v) is 13.3. The number of alkyl halides is 1. The van der Waals surface area contributed by atoms with Gasteiger partial charge < -0.3 is 24.8 Å². The first-order chi connectivity index (χ1) is 16.6. The number of para-hydroxylation sites is 1. The Kier molecular flexibility index (Phi) is 7.53. The van der Waals surface area contributed by atoms with Gasteiger partial charge in [0.1, 0.15) is 11.6 Å². The van der Waals surface area contributed by atoms with Crippen LogP contribution in [-0.4, -0.2) is 69.6 Å². The number of hydrogen-bond acceptors (Lipinski definition) is 6. The van der Waals surface area contributed by atoms with E-state index >= 15 is 0 Å². The second kappa shape index (κ2) is 10.00. The van der Waals surface area contributed by atoms with Gasteiger partial charge in [-0.15, -0.1) is 0 Å². The summed E-state index contributed by atoms with van der Waals surface area (Å²) in [4.78, 5) is 42.2. The quantitative estimate of drug-likeness (QED) is 0.367. The van der Waals surface area contributed by atoms with E-state index in [1.807, 2.05) is 26.8 Å². The number of aliphatic hydroxyl groups excluding tert-OH is 1. The van der Waals surface area contributed by atoms with Gasteiger partial charge in [0.2, 0.25) is 11.8 Å². The van der Waals surface area contributed by atoms with Crippen molar-refractivity contribution in [3.8, 4) is 0 Å². The van der Waals surface area contributed by atoms with E-state index in [1.54, 1.807) is 19.1 Å². The number of anilines is 1. The highest BCUT2D eigenvalue weighted by molar-refractivity contribution is 9.09. The average molecular weight is 572 g/mol. The largest absolute Gasteiger partial charge is 0.466 e. The Morgan fingerprint density at radius 2 is 2.11 bits per heavy atom. The third-order valence-electron chi connectivity index (χ3n) is 7.35. The van der Waals surface area contributed by atoms with Crippen molar-refractivity contribution in [3.63, 3.8) is 0 Å². The summed E-state index contributed by atoms with van der Waals surface area (Å²) in [5.74, 6) is -2.86. The molecule has 0 aliphatic carbocycles. The lowest BCUT2D eigenvalue weighted by Crippen LogP contribution is -2.56. The zero-order valence-corrected chi connectivity index (χ0v) is 22.6. The number of hydrogen-bond donors (Lipinski definition) is 2. The van der Waals surface area contributed by atoms with Crippen LogP contribution in [-0.2, 0) is 23.9 Å². The summed E-state index contributed by atoms with van der Waals surface area (Å²) in [6, 6.07) is 3.65. The van der Waals surface area contributed by atoms with Crippen LogP contribution in [0.25, 0.3) is 0 Å². The van der Waals surface area contributed by atoms with Gasteiger partial charge in [0.05, 0.1) is 47.9 Å². The van der Waals surface area contributed by atoms with Crippen molar-refractivity contribution < 1.29 is 29.0 Å². The van der Waals surface area contributed by atoms with Crippen molar-refractivity contribution in [1.29, 1.82) is 0 Å². The minimum atomic E-state index is -1.23. The van der Waals surface area contributed by atoms with Gasteiger partial charge in [0.25, 0.3) is 0 Å². The van der Waals surface area contributed by atoms with E-state index in [9.17, 15) is 19.5 Å². The molecule has 2 N–H and O–H groups in total. The first kappa shape index (κ1) is 26.4. The first-order valence-electron chi connectivity index (χ1n) is 12.0. The Hall–Kier alpha value is -1.68. The number of carbonyl (C=O) groups excluding carboxylic acids is 3. The fraction of sp³-hybridized carbons (Fsp3) is 0.640. The van der Waals surface area contributed by atoms with Gasteiger partial charge >= 0.3 is 5.97 Å². The molecule has 7 atom stereocenters. The number of carbonyl (C=O) groups is 3. The van der Waals surface area contributed by atoms with Crippen molar-refractivity contribution in [2.75, 3.05) is 18.5 Å². The molecule has 3 aliphatic heterocycles. The number of aliphatic hydroxyl groups is 1. The summed E-state index contributed by atoms with van der Waals surface area (Å²) in [6.45, 7) is 7.38. The molecule has 3 saturated heterocycles. The highest BCUT2D eigenvalue weighted by atomic mass is 79.9. The summed E-state index contributed by atoms with van der Waals surface area (Å²) in [5, 5.41) is 13.6. The molecule has 3 fully saturated rings. The number of esters is 1. The van der Waals surface area contributed by atoms with E-state index in [4.69, 9.17) is 21.1 Å². The summed E-state index contributed by atoms with van der Waals surface area (Å²) >= 11 is 10.0. The summed E-state index contributed by atoms with van der Waals surface area (Å²) in [7, 11) is 0. The van der Waals surface area contributed by atoms with Crippen LogP contribution in [0.1, 0.15) is 39.2 Å². The van der Waals surface area contributed by atoms with Crippen LogP contribution in [0, 0.1) is 24.7 Å². The lowest BCUT2D eigenvalue weighted by Gasteiger charge is -2.37. The molecule has 0 radical (unpaired) electrons. The van der Waals surface area contributed by atoms with E-state index in [-0.39, 0.29) is 29.9 Å². The maximum absolute atomic E-state index is 14.0. The number of rotatable bonds is 8. The smallest absolute Gasteiger partial charge is 0.312 e. The zero-order chi connectivity index (χ0) is 25.7. The molecule has 0 aromatic heterocycles. The number of halogens is 2. The minimum Gasteiger partial charge on any atom is -0.466 e. The highest BCUT2D eigenvalue weighted by Crippen LogP contribution is 2.60. The SMILES string of the molecule is CCOC(=O)[C@H]1[C@@H]2OC3(CC2Br)C(C(=O)Nc2c(C)cccc2Cl)N([C@@H](CO)CC(C)C)C(=O)[C@H]13. The summed E-state index contributed by atoms with van der Waals surface area (Å²) in [5.41, 5.74) is 0.00791. The molecule has 10 heteroatoms. The predicted octanol–water partition coefficient (Wildman–Crippen LogP) is 3.31. The Morgan fingerprint density at radius 3 is 2.71 bits per heavy atom. The van der Waals surface area contributed by atoms with E-state index in [0.717, 1.165) is 5.56 Å². The van der Waals surface area contributed by atoms with Crippen molar-refractivity contribution >= 4 is 51.0 Å². The van der Waals surface area contributed by atoms with Crippen LogP contribution < -0.4 is 5.32 Å². The molecule has 1 spiro atoms. The second-order valence-corrected chi connectivity index (χ2v) is 11.6. The number of aryl methyl sites for hydroxylation is 1. The molecular formula is C25H32BrClN2O6. The molecule has 192 valence electrons.